The van der Waals surface area contributed by atoms with Crippen molar-refractivity contribution in [2.24, 2.45) is 11.8 Å². The first-order valence-corrected chi connectivity index (χ1v) is 11.4. The summed E-state index contributed by atoms with van der Waals surface area (Å²) in [4.78, 5) is 12.6. The van der Waals surface area contributed by atoms with Crippen LogP contribution in [0.15, 0.2) is 30.6 Å². The van der Waals surface area contributed by atoms with Gasteiger partial charge >= 0.3 is 0 Å². The number of nitrogens with one attached hydrogen (secondary N) is 2. The molecule has 1 aliphatic carbocycles. The average molecular weight is 438 g/mol. The number of amides is 1. The van der Waals surface area contributed by atoms with Crippen molar-refractivity contribution in [1.82, 2.24) is 20.4 Å². The van der Waals surface area contributed by atoms with Crippen molar-refractivity contribution in [1.29, 1.82) is 5.26 Å². The monoisotopic (exact) mass is 437 g/mol. The number of nitrogens with zero attached hydrogens (tertiary/aromatic N) is 3. The number of ether oxygens (including phenoxy) is 1. The summed E-state index contributed by atoms with van der Waals surface area (Å²) < 4.78 is 22.1. The minimum absolute atomic E-state index is 0.135. The third-order valence-corrected chi connectivity index (χ3v) is 7.03. The molecule has 8 heteroatoms. The maximum atomic E-state index is 14.8. The number of hydrogen-bond donors (Lipinski definition) is 2. The minimum Gasteiger partial charge on any atom is -0.381 e. The average Bonchev–Trinajstić information content (AvgIpc) is 3.60. The normalized spacial score (nSPS) is 27.4. The van der Waals surface area contributed by atoms with Gasteiger partial charge in [0.05, 0.1) is 24.9 Å². The summed E-state index contributed by atoms with van der Waals surface area (Å²) in [6.45, 7) is 2.35. The molecule has 2 aromatic rings. The zero-order valence-electron chi connectivity index (χ0n) is 18.0. The van der Waals surface area contributed by atoms with Gasteiger partial charge in [0, 0.05) is 43.3 Å². The van der Waals surface area contributed by atoms with Crippen molar-refractivity contribution in [2.75, 3.05) is 13.2 Å². The van der Waals surface area contributed by atoms with Gasteiger partial charge in [-0.15, -0.1) is 0 Å². The molecule has 1 unspecified atom stereocenters. The van der Waals surface area contributed by atoms with Gasteiger partial charge in [0.1, 0.15) is 11.9 Å². The second-order valence-corrected chi connectivity index (χ2v) is 9.30. The fourth-order valence-electron chi connectivity index (χ4n) is 5.26. The molecular formula is C24H28FN5O2. The Labute approximate surface area is 186 Å². The van der Waals surface area contributed by atoms with E-state index >= 15 is 0 Å². The molecule has 1 aromatic heterocycles. The van der Waals surface area contributed by atoms with Crippen LogP contribution in [0.5, 0.6) is 0 Å². The van der Waals surface area contributed by atoms with Gasteiger partial charge in [-0.25, -0.2) is 4.39 Å². The molecule has 0 radical (unpaired) electrons. The first-order valence-electron chi connectivity index (χ1n) is 11.4. The largest absolute Gasteiger partial charge is 0.381 e. The quantitative estimate of drug-likeness (QED) is 0.694. The van der Waals surface area contributed by atoms with Crippen molar-refractivity contribution < 1.29 is 13.9 Å². The predicted octanol–water partition coefficient (Wildman–Crippen LogP) is 2.42. The van der Waals surface area contributed by atoms with Gasteiger partial charge in [-0.3, -0.25) is 9.48 Å². The number of piperidine rings is 1. The zero-order chi connectivity index (χ0) is 22.1. The van der Waals surface area contributed by atoms with Gasteiger partial charge in [-0.2, -0.15) is 10.4 Å². The Morgan fingerprint density at radius 3 is 2.97 bits per heavy atom. The molecule has 2 saturated heterocycles. The maximum absolute atomic E-state index is 14.8. The molecule has 2 aliphatic heterocycles. The number of carbonyl (C=O) groups is 1. The molecule has 2 bridgehead atoms. The van der Waals surface area contributed by atoms with E-state index in [1.165, 1.54) is 6.07 Å². The number of benzene rings is 1. The summed E-state index contributed by atoms with van der Waals surface area (Å²) in [5, 5.41) is 20.1. The number of hydrogen-bond acceptors (Lipinski definition) is 5. The second-order valence-electron chi connectivity index (χ2n) is 9.30. The van der Waals surface area contributed by atoms with Crippen LogP contribution in [0.1, 0.15) is 31.2 Å². The van der Waals surface area contributed by atoms with Crippen molar-refractivity contribution >= 4 is 5.91 Å². The highest BCUT2D eigenvalue weighted by Crippen LogP contribution is 2.35. The molecule has 3 fully saturated rings. The molecule has 0 spiro atoms. The van der Waals surface area contributed by atoms with Gasteiger partial charge in [0.25, 0.3) is 0 Å². The number of fused-ring (bicyclic) bond motifs is 2. The van der Waals surface area contributed by atoms with Crippen LogP contribution < -0.4 is 10.6 Å². The van der Waals surface area contributed by atoms with Crippen LogP contribution in [0.25, 0.3) is 11.1 Å². The Bertz CT molecular complexity index is 1030. The summed E-state index contributed by atoms with van der Waals surface area (Å²) in [5.41, 5.74) is 2.00. The molecule has 168 valence electrons. The fourth-order valence-corrected chi connectivity index (χ4v) is 5.26. The van der Waals surface area contributed by atoms with Gasteiger partial charge in [0.15, 0.2) is 0 Å². The third-order valence-electron chi connectivity index (χ3n) is 7.03. The lowest BCUT2D eigenvalue weighted by Gasteiger charge is -2.23. The number of halogens is 1. The maximum Gasteiger partial charge on any atom is 0.238 e. The zero-order valence-corrected chi connectivity index (χ0v) is 18.0. The molecule has 1 amide bonds. The summed E-state index contributed by atoms with van der Waals surface area (Å²) in [6.07, 6.45) is 8.02. The minimum atomic E-state index is -0.764. The highest BCUT2D eigenvalue weighted by atomic mass is 19.1. The molecule has 32 heavy (non-hydrogen) atoms. The summed E-state index contributed by atoms with van der Waals surface area (Å²) >= 11 is 0. The molecule has 7 nitrogen and oxygen atoms in total. The van der Waals surface area contributed by atoms with E-state index in [0.717, 1.165) is 56.6 Å². The number of nitriles is 1. The van der Waals surface area contributed by atoms with E-state index in [1.807, 2.05) is 16.9 Å². The van der Waals surface area contributed by atoms with E-state index in [-0.39, 0.29) is 24.2 Å². The molecule has 2 N–H and O–H groups in total. The lowest BCUT2D eigenvalue weighted by atomic mass is 9.98. The Balaban J connectivity index is 1.21. The fraction of sp³-hybridized carbons (Fsp3) is 0.542. The molecule has 3 aliphatic rings. The predicted molar refractivity (Wildman–Crippen MR) is 116 cm³/mol. The standard InChI is InChI=1S/C24H28FN5O2/c25-22-9-16(19-11-27-30(13-19)12-15-5-6-32-14-15)1-2-17(22)7-21(10-26)29-24(31)23-18-3-4-20(8-18)28-23/h1-2,9,11,13,15,18,20-21,23,28H,3-8,12,14H2,(H,29,31)/t15?,18-,20+,21-,23-/m0/s1. The van der Waals surface area contributed by atoms with Crippen LogP contribution in [0, 0.1) is 29.0 Å². The molecule has 3 heterocycles. The third kappa shape index (κ3) is 4.41. The van der Waals surface area contributed by atoms with Crippen molar-refractivity contribution in [3.63, 3.8) is 0 Å². The SMILES string of the molecule is N#C[C@H](Cc1ccc(-c2cnn(CC3CCOC3)c2)cc1F)NC(=O)[C@H]1N[C@@H]2CC[C@H]1C2. The summed E-state index contributed by atoms with van der Waals surface area (Å²) in [6, 6.07) is 6.54. The molecule has 5 rings (SSSR count). The second kappa shape index (κ2) is 9.00. The van der Waals surface area contributed by atoms with Crippen LogP contribution >= 0.6 is 0 Å². The molecular weight excluding hydrogens is 409 g/mol. The van der Waals surface area contributed by atoms with E-state index in [9.17, 15) is 14.4 Å². The Kier molecular flexibility index (Phi) is 5.94. The summed E-state index contributed by atoms with van der Waals surface area (Å²) in [5.74, 6) is 0.278. The van der Waals surface area contributed by atoms with Crippen molar-refractivity contribution in [2.45, 2.75) is 56.8 Å². The van der Waals surface area contributed by atoms with Crippen LogP contribution in [0.3, 0.4) is 0 Å². The van der Waals surface area contributed by atoms with Crippen LogP contribution in [-0.4, -0.2) is 47.0 Å². The van der Waals surface area contributed by atoms with E-state index in [1.54, 1.807) is 12.3 Å². The Morgan fingerprint density at radius 2 is 2.28 bits per heavy atom. The number of rotatable bonds is 7. The van der Waals surface area contributed by atoms with E-state index in [0.29, 0.717) is 23.4 Å². The first-order chi connectivity index (χ1) is 15.6. The van der Waals surface area contributed by atoms with Crippen LogP contribution in [0.4, 0.5) is 4.39 Å². The van der Waals surface area contributed by atoms with Crippen molar-refractivity contribution in [3.05, 3.63) is 42.0 Å². The van der Waals surface area contributed by atoms with Gasteiger partial charge in [0.2, 0.25) is 5.91 Å². The Morgan fingerprint density at radius 1 is 1.38 bits per heavy atom. The highest BCUT2D eigenvalue weighted by Gasteiger charge is 2.43. The van der Waals surface area contributed by atoms with Crippen LogP contribution in [-0.2, 0) is 22.5 Å². The smallest absolute Gasteiger partial charge is 0.238 e. The number of aromatic nitrogens is 2. The van der Waals surface area contributed by atoms with E-state index < -0.39 is 6.04 Å². The lowest BCUT2D eigenvalue weighted by Crippen LogP contribution is -2.50. The highest BCUT2D eigenvalue weighted by molar-refractivity contribution is 5.83. The van der Waals surface area contributed by atoms with E-state index in [2.05, 4.69) is 21.8 Å². The number of carbonyl (C=O) groups excluding carboxylic acids is 1. The lowest BCUT2D eigenvalue weighted by molar-refractivity contribution is -0.124. The van der Waals surface area contributed by atoms with Gasteiger partial charge in [-0.05, 0) is 48.8 Å². The van der Waals surface area contributed by atoms with Crippen molar-refractivity contribution in [3.8, 4) is 17.2 Å². The van der Waals surface area contributed by atoms with Gasteiger partial charge in [-0.1, -0.05) is 12.1 Å². The summed E-state index contributed by atoms with van der Waals surface area (Å²) in [7, 11) is 0. The first kappa shape index (κ1) is 21.1. The topological polar surface area (TPSA) is 92.0 Å². The van der Waals surface area contributed by atoms with E-state index in [4.69, 9.17) is 4.74 Å². The Hall–Kier alpha value is -2.76. The molecule has 1 saturated carbocycles. The van der Waals surface area contributed by atoms with Crippen LogP contribution in [0.2, 0.25) is 0 Å². The molecule has 5 atom stereocenters. The molecule has 1 aromatic carbocycles. The van der Waals surface area contributed by atoms with Gasteiger partial charge < -0.3 is 15.4 Å².